The number of hydrogen-bond donors (Lipinski definition) is 3. The lowest BCUT2D eigenvalue weighted by Gasteiger charge is -2.40. The minimum absolute atomic E-state index is 0.0167. The average Bonchev–Trinajstić information content (AvgIpc) is 3.68. The maximum absolute atomic E-state index is 13.7. The van der Waals surface area contributed by atoms with Crippen LogP contribution in [0.15, 0.2) is 38.2 Å². The Bertz CT molecular complexity index is 1790. The van der Waals surface area contributed by atoms with Gasteiger partial charge in [0, 0.05) is 61.0 Å². The molecular formula is C26H27N7O5S2. The first-order valence-electron chi connectivity index (χ1n) is 12.9. The Hall–Kier alpha value is -3.77. The molecule has 2 unspecified atom stereocenters. The van der Waals surface area contributed by atoms with Gasteiger partial charge in [0.05, 0.1) is 12.2 Å². The van der Waals surface area contributed by atoms with Crippen molar-refractivity contribution in [2.24, 2.45) is 0 Å². The zero-order chi connectivity index (χ0) is 28.0. The molecule has 1 aromatic carbocycles. The number of H-pyrrole nitrogens is 2. The van der Waals surface area contributed by atoms with Gasteiger partial charge in [0.25, 0.3) is 15.9 Å². The first-order valence-corrected chi connectivity index (χ1v) is 14.7. The second kappa shape index (κ2) is 10.3. The van der Waals surface area contributed by atoms with Crippen molar-refractivity contribution in [3.05, 3.63) is 57.8 Å². The molecule has 6 rings (SSSR count). The number of oxazole rings is 1. The SMILES string of the molecule is C#Cc1ccc2[nH]c(S(=O)(=O)N3CCN(C(=O)c4nc5c(o4)CNC(C)C5)C(CCc4nc(=S)o[nH]4)C3)cc2c1. The number of nitrogens with one attached hydrogen (secondary N) is 3. The maximum Gasteiger partial charge on any atom is 0.314 e. The van der Waals surface area contributed by atoms with Crippen LogP contribution >= 0.6 is 12.2 Å². The number of hydrogen-bond acceptors (Lipinski definition) is 9. The number of aryl methyl sites for hydroxylation is 1. The third-order valence-corrected chi connectivity index (χ3v) is 9.32. The van der Waals surface area contributed by atoms with E-state index in [1.807, 2.05) is 6.92 Å². The molecule has 3 aromatic heterocycles. The van der Waals surface area contributed by atoms with Crippen molar-refractivity contribution < 1.29 is 22.2 Å². The minimum Gasteiger partial charge on any atom is -0.436 e. The van der Waals surface area contributed by atoms with E-state index >= 15 is 0 Å². The molecule has 2 atom stereocenters. The molecule has 12 nitrogen and oxygen atoms in total. The summed E-state index contributed by atoms with van der Waals surface area (Å²) >= 11 is 4.95. The summed E-state index contributed by atoms with van der Waals surface area (Å²) in [6.07, 6.45) is 6.97. The smallest absolute Gasteiger partial charge is 0.314 e. The summed E-state index contributed by atoms with van der Waals surface area (Å²) in [6.45, 7) is 2.91. The van der Waals surface area contributed by atoms with Crippen LogP contribution in [-0.4, -0.2) is 75.4 Å². The minimum atomic E-state index is -3.90. The number of terminal acetylenes is 1. The Kier molecular flexibility index (Phi) is 6.83. The number of carbonyl (C=O) groups excluding carboxylic acids is 1. The Balaban J connectivity index is 1.27. The molecule has 0 aliphatic carbocycles. The van der Waals surface area contributed by atoms with Gasteiger partial charge in [-0.1, -0.05) is 5.92 Å². The van der Waals surface area contributed by atoms with E-state index in [2.05, 4.69) is 31.3 Å². The predicted molar refractivity (Wildman–Crippen MR) is 146 cm³/mol. The van der Waals surface area contributed by atoms with Crippen molar-refractivity contribution in [1.82, 2.24) is 34.6 Å². The van der Waals surface area contributed by atoms with E-state index in [9.17, 15) is 13.2 Å². The zero-order valence-corrected chi connectivity index (χ0v) is 23.3. The summed E-state index contributed by atoms with van der Waals surface area (Å²) < 4.78 is 39.7. The third-order valence-electron chi connectivity index (χ3n) is 7.36. The quantitative estimate of drug-likeness (QED) is 0.230. The zero-order valence-electron chi connectivity index (χ0n) is 21.6. The summed E-state index contributed by atoms with van der Waals surface area (Å²) in [5.41, 5.74) is 2.10. The highest BCUT2D eigenvalue weighted by Gasteiger charge is 2.39. The summed E-state index contributed by atoms with van der Waals surface area (Å²) in [5.74, 6) is 3.38. The highest BCUT2D eigenvalue weighted by Crippen LogP contribution is 2.27. The van der Waals surface area contributed by atoms with Crippen LogP contribution in [-0.2, 0) is 29.4 Å². The van der Waals surface area contributed by atoms with Gasteiger partial charge < -0.3 is 24.1 Å². The van der Waals surface area contributed by atoms with E-state index in [-0.39, 0.29) is 47.3 Å². The van der Waals surface area contributed by atoms with Crippen molar-refractivity contribution in [2.75, 3.05) is 19.6 Å². The Morgan fingerprint density at radius 3 is 2.90 bits per heavy atom. The van der Waals surface area contributed by atoms with Gasteiger partial charge in [0.1, 0.15) is 16.6 Å². The largest absolute Gasteiger partial charge is 0.436 e. The van der Waals surface area contributed by atoms with Crippen LogP contribution in [0.3, 0.4) is 0 Å². The molecule has 4 aromatic rings. The van der Waals surface area contributed by atoms with Gasteiger partial charge in [0.15, 0.2) is 0 Å². The van der Waals surface area contributed by atoms with Crippen molar-refractivity contribution in [2.45, 2.75) is 49.8 Å². The van der Waals surface area contributed by atoms with E-state index in [0.29, 0.717) is 53.9 Å². The molecule has 208 valence electrons. The van der Waals surface area contributed by atoms with E-state index in [1.165, 1.54) is 4.31 Å². The van der Waals surface area contributed by atoms with Crippen LogP contribution in [0.2, 0.25) is 0 Å². The van der Waals surface area contributed by atoms with Crippen molar-refractivity contribution in [1.29, 1.82) is 0 Å². The van der Waals surface area contributed by atoms with Crippen LogP contribution in [0, 0.1) is 17.2 Å². The Morgan fingerprint density at radius 1 is 1.27 bits per heavy atom. The number of fused-ring (bicyclic) bond motifs is 2. The molecule has 0 bridgehead atoms. The van der Waals surface area contributed by atoms with E-state index < -0.39 is 16.1 Å². The van der Waals surface area contributed by atoms with Crippen molar-refractivity contribution in [3.63, 3.8) is 0 Å². The number of aromatic nitrogens is 4. The third kappa shape index (κ3) is 4.97. The second-order valence-corrected chi connectivity index (χ2v) is 12.3. The van der Waals surface area contributed by atoms with Gasteiger partial charge in [-0.3, -0.25) is 4.79 Å². The molecule has 2 aliphatic rings. The average molecular weight is 582 g/mol. The molecule has 3 N–H and O–H groups in total. The van der Waals surface area contributed by atoms with Crippen LogP contribution in [0.25, 0.3) is 10.9 Å². The molecule has 5 heterocycles. The molecule has 0 spiro atoms. The van der Waals surface area contributed by atoms with E-state index in [4.69, 9.17) is 27.6 Å². The van der Waals surface area contributed by atoms with Gasteiger partial charge >= 0.3 is 10.7 Å². The first kappa shape index (κ1) is 26.5. The fraction of sp³-hybridized carbons (Fsp3) is 0.385. The van der Waals surface area contributed by atoms with Crippen molar-refractivity contribution in [3.8, 4) is 12.3 Å². The molecule has 2 aliphatic heterocycles. The first-order chi connectivity index (χ1) is 19.2. The lowest BCUT2D eigenvalue weighted by molar-refractivity contribution is 0.0509. The number of amides is 1. The predicted octanol–water partition coefficient (Wildman–Crippen LogP) is 2.37. The van der Waals surface area contributed by atoms with Gasteiger partial charge in [-0.15, -0.1) is 6.42 Å². The second-order valence-electron chi connectivity index (χ2n) is 10.0. The van der Waals surface area contributed by atoms with Crippen LogP contribution in [0.4, 0.5) is 0 Å². The van der Waals surface area contributed by atoms with Crippen molar-refractivity contribution >= 4 is 39.1 Å². The monoisotopic (exact) mass is 581 g/mol. The normalized spacial score (nSPS) is 19.9. The van der Waals surface area contributed by atoms with Crippen LogP contribution in [0.5, 0.6) is 0 Å². The molecule has 0 radical (unpaired) electrons. The lowest BCUT2D eigenvalue weighted by Crippen LogP contribution is -2.56. The van der Waals surface area contributed by atoms with Gasteiger partial charge in [-0.05, 0) is 49.8 Å². The highest BCUT2D eigenvalue weighted by molar-refractivity contribution is 7.89. The molecule has 0 saturated carbocycles. The molecule has 14 heteroatoms. The summed E-state index contributed by atoms with van der Waals surface area (Å²) in [6, 6.07) is 6.61. The number of benzene rings is 1. The van der Waals surface area contributed by atoms with Crippen LogP contribution < -0.4 is 5.32 Å². The summed E-state index contributed by atoms with van der Waals surface area (Å²) in [5, 5.41) is 6.74. The Morgan fingerprint density at radius 2 is 2.12 bits per heavy atom. The number of piperazine rings is 1. The van der Waals surface area contributed by atoms with Crippen LogP contribution in [0.1, 0.15) is 46.9 Å². The number of rotatable bonds is 6. The summed E-state index contributed by atoms with van der Waals surface area (Å²) in [7, 11) is -3.90. The maximum atomic E-state index is 13.7. The molecule has 1 saturated heterocycles. The van der Waals surface area contributed by atoms with Gasteiger partial charge in [-0.2, -0.15) is 9.29 Å². The number of nitrogens with zero attached hydrogens (tertiary/aromatic N) is 4. The fourth-order valence-corrected chi connectivity index (χ4v) is 6.86. The number of carbonyl (C=O) groups is 1. The standard InChI is InChI=1S/C26H27N7O5S2/c1-3-16-4-6-19-17(11-16)12-23(28-19)40(35,36)32-8-9-33(18(14-32)5-7-22-30-26(39)38-31-22)25(34)24-29-20-10-15(2)27-13-21(20)37-24/h1,4,6,11-12,15,18,27-28H,5,7-10,13-14H2,2H3,(H,30,31,39). The van der Waals surface area contributed by atoms with Gasteiger partial charge in [-0.25, -0.2) is 18.6 Å². The lowest BCUT2D eigenvalue weighted by atomic mass is 10.1. The summed E-state index contributed by atoms with van der Waals surface area (Å²) in [4.78, 5) is 27.0. The molecule has 1 amide bonds. The highest BCUT2D eigenvalue weighted by atomic mass is 32.2. The number of sulfonamides is 1. The number of aromatic amines is 2. The van der Waals surface area contributed by atoms with Gasteiger partial charge in [0.2, 0.25) is 0 Å². The molecule has 40 heavy (non-hydrogen) atoms. The van der Waals surface area contributed by atoms with E-state index in [0.717, 1.165) is 5.69 Å². The van der Waals surface area contributed by atoms with E-state index in [1.54, 1.807) is 29.2 Å². The molecule has 1 fully saturated rings. The topological polar surface area (TPSA) is 153 Å². The molecular weight excluding hydrogens is 554 g/mol. The fourth-order valence-electron chi connectivity index (χ4n) is 5.23. The Labute approximate surface area is 235 Å².